The summed E-state index contributed by atoms with van der Waals surface area (Å²) in [5.74, 6) is 5.72. The van der Waals surface area contributed by atoms with Crippen LogP contribution in [0.3, 0.4) is 0 Å². The summed E-state index contributed by atoms with van der Waals surface area (Å²) in [6, 6.07) is 0. The van der Waals surface area contributed by atoms with Gasteiger partial charge in [-0.1, -0.05) is 5.92 Å². The fourth-order valence-electron chi connectivity index (χ4n) is 1.19. The molecule has 0 aliphatic carbocycles. The topological polar surface area (TPSA) is 21.3 Å². The van der Waals surface area contributed by atoms with Gasteiger partial charge in [-0.05, 0) is 32.9 Å². The largest absolute Gasteiger partial charge is 0.365 e. The third-order valence-electron chi connectivity index (χ3n) is 1.85. The Bertz CT molecular complexity index is 151. The Kier molecular flexibility index (Phi) is 4.03. The van der Waals surface area contributed by atoms with Gasteiger partial charge in [-0.3, -0.25) is 0 Å². The van der Waals surface area contributed by atoms with Crippen molar-refractivity contribution in [2.24, 2.45) is 0 Å². The normalized spacial score (nSPS) is 19.0. The zero-order valence-electron chi connectivity index (χ0n) is 7.02. The first-order chi connectivity index (χ1) is 5.43. The van der Waals surface area contributed by atoms with Gasteiger partial charge in [0, 0.05) is 0 Å². The lowest BCUT2D eigenvalue weighted by atomic mass is 10.1. The van der Waals surface area contributed by atoms with Gasteiger partial charge in [-0.15, -0.1) is 5.92 Å². The summed E-state index contributed by atoms with van der Waals surface area (Å²) >= 11 is 0. The Morgan fingerprint density at radius 2 is 2.18 bits per heavy atom. The molecule has 62 valence electrons. The lowest BCUT2D eigenvalue weighted by Gasteiger charge is -2.21. The van der Waals surface area contributed by atoms with Gasteiger partial charge in [0.1, 0.15) is 6.61 Å². The molecule has 0 amide bonds. The average Bonchev–Trinajstić information content (AvgIpc) is 2.07. The van der Waals surface area contributed by atoms with Crippen LogP contribution in [0.2, 0.25) is 0 Å². The van der Waals surface area contributed by atoms with E-state index in [-0.39, 0.29) is 0 Å². The maximum absolute atomic E-state index is 5.51. The molecule has 1 saturated heterocycles. The molecule has 0 aromatic carbocycles. The predicted molar refractivity (Wildman–Crippen MR) is 45.3 cm³/mol. The van der Waals surface area contributed by atoms with Crippen molar-refractivity contribution in [1.82, 2.24) is 5.32 Å². The maximum Gasteiger partial charge on any atom is 0.108 e. The number of hydrogen-bond acceptors (Lipinski definition) is 2. The molecule has 1 aliphatic heterocycles. The Morgan fingerprint density at radius 3 is 2.82 bits per heavy atom. The molecule has 2 nitrogen and oxygen atoms in total. The second-order valence-electron chi connectivity index (χ2n) is 2.69. The maximum atomic E-state index is 5.51. The van der Waals surface area contributed by atoms with Crippen molar-refractivity contribution in [1.29, 1.82) is 0 Å². The molecule has 11 heavy (non-hydrogen) atoms. The summed E-state index contributed by atoms with van der Waals surface area (Å²) in [6.07, 6.45) is 2.70. The fourth-order valence-corrected chi connectivity index (χ4v) is 1.19. The van der Waals surface area contributed by atoms with Crippen molar-refractivity contribution < 1.29 is 4.74 Å². The van der Waals surface area contributed by atoms with Crippen molar-refractivity contribution in [2.45, 2.75) is 25.9 Å². The fraction of sp³-hybridized carbons (Fsp3) is 0.778. The lowest BCUT2D eigenvalue weighted by molar-refractivity contribution is 0.0547. The number of ether oxygens (including phenoxy) is 1. The molecule has 1 N–H and O–H groups in total. The molecular weight excluding hydrogens is 138 g/mol. The summed E-state index contributed by atoms with van der Waals surface area (Å²) in [5, 5.41) is 3.29. The number of nitrogens with one attached hydrogen (secondary N) is 1. The second-order valence-corrected chi connectivity index (χ2v) is 2.69. The lowest BCUT2D eigenvalue weighted by Crippen LogP contribution is -2.32. The van der Waals surface area contributed by atoms with Gasteiger partial charge in [0.15, 0.2) is 0 Å². The van der Waals surface area contributed by atoms with E-state index in [2.05, 4.69) is 17.2 Å². The standard InChI is InChI=1S/C9H15NO/c1-2-3-8-11-9-4-6-10-7-5-9/h9-10H,4-8H2,1H3. The van der Waals surface area contributed by atoms with Crippen LogP contribution in [0.15, 0.2) is 0 Å². The molecule has 0 spiro atoms. The summed E-state index contributed by atoms with van der Waals surface area (Å²) in [6.45, 7) is 4.61. The molecule has 1 rings (SSSR count). The van der Waals surface area contributed by atoms with E-state index >= 15 is 0 Å². The quantitative estimate of drug-likeness (QED) is 0.592. The highest BCUT2D eigenvalue weighted by atomic mass is 16.5. The van der Waals surface area contributed by atoms with Crippen LogP contribution in [-0.2, 0) is 4.74 Å². The van der Waals surface area contributed by atoms with Gasteiger partial charge >= 0.3 is 0 Å². The second kappa shape index (κ2) is 5.17. The van der Waals surface area contributed by atoms with Crippen LogP contribution in [-0.4, -0.2) is 25.8 Å². The molecule has 0 bridgehead atoms. The number of rotatable bonds is 2. The van der Waals surface area contributed by atoms with E-state index in [9.17, 15) is 0 Å². The van der Waals surface area contributed by atoms with E-state index < -0.39 is 0 Å². The first-order valence-corrected chi connectivity index (χ1v) is 4.15. The van der Waals surface area contributed by atoms with Gasteiger partial charge in [0.2, 0.25) is 0 Å². The Hall–Kier alpha value is -0.520. The average molecular weight is 153 g/mol. The summed E-state index contributed by atoms with van der Waals surface area (Å²) in [7, 11) is 0. The minimum atomic E-state index is 0.442. The van der Waals surface area contributed by atoms with Crippen LogP contribution in [0.4, 0.5) is 0 Å². The molecule has 1 fully saturated rings. The molecule has 2 heteroatoms. The Labute approximate surface area is 68.3 Å². The van der Waals surface area contributed by atoms with Gasteiger partial charge in [0.05, 0.1) is 6.10 Å². The van der Waals surface area contributed by atoms with Crippen LogP contribution in [0.1, 0.15) is 19.8 Å². The van der Waals surface area contributed by atoms with Crippen LogP contribution in [0.5, 0.6) is 0 Å². The Balaban J connectivity index is 2.08. The minimum absolute atomic E-state index is 0.442. The molecular formula is C9H15NO. The third-order valence-corrected chi connectivity index (χ3v) is 1.85. The SMILES string of the molecule is CC#CCOC1CCNCC1. The molecule has 1 aliphatic rings. The molecule has 0 radical (unpaired) electrons. The van der Waals surface area contributed by atoms with E-state index in [0.717, 1.165) is 25.9 Å². The minimum Gasteiger partial charge on any atom is -0.365 e. The smallest absolute Gasteiger partial charge is 0.108 e. The van der Waals surface area contributed by atoms with E-state index in [4.69, 9.17) is 4.74 Å². The third kappa shape index (κ3) is 3.41. The molecule has 0 saturated carbocycles. The van der Waals surface area contributed by atoms with Crippen LogP contribution < -0.4 is 5.32 Å². The van der Waals surface area contributed by atoms with Crippen molar-refractivity contribution in [3.63, 3.8) is 0 Å². The Morgan fingerprint density at radius 1 is 1.45 bits per heavy atom. The van der Waals surface area contributed by atoms with Gasteiger partial charge in [-0.25, -0.2) is 0 Å². The molecule has 0 aromatic rings. The van der Waals surface area contributed by atoms with E-state index in [1.165, 1.54) is 0 Å². The van der Waals surface area contributed by atoms with Crippen LogP contribution >= 0.6 is 0 Å². The van der Waals surface area contributed by atoms with E-state index in [1.54, 1.807) is 0 Å². The highest BCUT2D eigenvalue weighted by Crippen LogP contribution is 2.05. The van der Waals surface area contributed by atoms with Crippen molar-refractivity contribution >= 4 is 0 Å². The molecule has 1 heterocycles. The van der Waals surface area contributed by atoms with E-state index in [1.807, 2.05) is 6.92 Å². The zero-order valence-corrected chi connectivity index (χ0v) is 7.02. The van der Waals surface area contributed by atoms with Gasteiger partial charge in [0.25, 0.3) is 0 Å². The highest BCUT2D eigenvalue weighted by Gasteiger charge is 2.11. The van der Waals surface area contributed by atoms with Crippen LogP contribution in [0.25, 0.3) is 0 Å². The monoisotopic (exact) mass is 153 g/mol. The van der Waals surface area contributed by atoms with Crippen LogP contribution in [0, 0.1) is 11.8 Å². The molecule has 0 unspecified atom stereocenters. The number of hydrogen-bond donors (Lipinski definition) is 1. The predicted octanol–water partition coefficient (Wildman–Crippen LogP) is 0.778. The van der Waals surface area contributed by atoms with Gasteiger partial charge in [-0.2, -0.15) is 0 Å². The number of piperidine rings is 1. The molecule has 0 aromatic heterocycles. The summed E-state index contributed by atoms with van der Waals surface area (Å²) in [5.41, 5.74) is 0. The highest BCUT2D eigenvalue weighted by molar-refractivity contribution is 4.95. The molecule has 0 atom stereocenters. The zero-order chi connectivity index (χ0) is 7.94. The first kappa shape index (κ1) is 8.58. The van der Waals surface area contributed by atoms with Crippen molar-refractivity contribution in [3.05, 3.63) is 0 Å². The van der Waals surface area contributed by atoms with Crippen molar-refractivity contribution in [2.75, 3.05) is 19.7 Å². The van der Waals surface area contributed by atoms with Gasteiger partial charge < -0.3 is 10.1 Å². The summed E-state index contributed by atoms with van der Waals surface area (Å²) < 4.78 is 5.51. The first-order valence-electron chi connectivity index (χ1n) is 4.15. The van der Waals surface area contributed by atoms with Crippen molar-refractivity contribution in [3.8, 4) is 11.8 Å². The van der Waals surface area contributed by atoms with E-state index in [0.29, 0.717) is 12.7 Å². The summed E-state index contributed by atoms with van der Waals surface area (Å²) in [4.78, 5) is 0.